The largest absolute Gasteiger partial charge is 0.416 e. The number of nitrogens with one attached hydrogen (secondary N) is 1. The first kappa shape index (κ1) is 14.5. The summed E-state index contributed by atoms with van der Waals surface area (Å²) in [6.07, 6.45) is -4.43. The number of rotatable bonds is 3. The van der Waals surface area contributed by atoms with Crippen LogP contribution in [0.25, 0.3) is 0 Å². The predicted molar refractivity (Wildman–Crippen MR) is 72.6 cm³/mol. The monoisotopic (exact) mass is 350 g/mol. The minimum Gasteiger partial charge on any atom is -0.271 e. The smallest absolute Gasteiger partial charge is 0.271 e. The highest BCUT2D eigenvalue weighted by Gasteiger charge is 2.35. The molecule has 2 aromatic rings. The van der Waals surface area contributed by atoms with E-state index in [0.717, 1.165) is 6.07 Å². The van der Waals surface area contributed by atoms with Gasteiger partial charge in [0.2, 0.25) is 0 Å². The van der Waals surface area contributed by atoms with Gasteiger partial charge in [0.05, 0.1) is 11.6 Å². The molecule has 1 atom stereocenters. The summed E-state index contributed by atoms with van der Waals surface area (Å²) in [5.74, 6) is 5.42. The van der Waals surface area contributed by atoms with Crippen molar-refractivity contribution in [1.29, 1.82) is 0 Å². The molecule has 0 spiro atoms. The van der Waals surface area contributed by atoms with Crippen LogP contribution in [0.15, 0.2) is 39.5 Å². The number of nitrogens with two attached hydrogens (primary N) is 1. The molecule has 1 aromatic heterocycles. The number of alkyl halides is 3. The Morgan fingerprint density at radius 3 is 2.53 bits per heavy atom. The molecule has 0 saturated carbocycles. The molecule has 19 heavy (non-hydrogen) atoms. The zero-order chi connectivity index (χ0) is 14.0. The second-order valence-corrected chi connectivity index (χ2v) is 5.58. The molecule has 3 N–H and O–H groups in total. The maximum absolute atomic E-state index is 13.1. The van der Waals surface area contributed by atoms with Crippen LogP contribution in [0.4, 0.5) is 13.2 Å². The molecule has 1 unspecified atom stereocenters. The van der Waals surface area contributed by atoms with Crippen LogP contribution in [0.2, 0.25) is 0 Å². The standard InChI is InChI=1S/C12H10BrF3N2S/c13-8-1-2-9(10(5-8)12(14,15)16)11(18-17)7-3-4-19-6-7/h1-6,11,18H,17H2. The molecule has 0 aliphatic heterocycles. The third kappa shape index (κ3) is 3.17. The maximum Gasteiger partial charge on any atom is 0.416 e. The van der Waals surface area contributed by atoms with Crippen LogP contribution < -0.4 is 11.3 Å². The van der Waals surface area contributed by atoms with Crippen molar-refractivity contribution in [3.05, 3.63) is 56.2 Å². The van der Waals surface area contributed by atoms with Crippen molar-refractivity contribution < 1.29 is 13.2 Å². The Labute approximate surface area is 120 Å². The Balaban J connectivity index is 2.55. The average Bonchev–Trinajstić information content (AvgIpc) is 2.84. The van der Waals surface area contributed by atoms with Gasteiger partial charge in [-0.2, -0.15) is 24.5 Å². The summed E-state index contributed by atoms with van der Waals surface area (Å²) in [6, 6.07) is 5.12. The fourth-order valence-corrected chi connectivity index (χ4v) is 2.88. The van der Waals surface area contributed by atoms with Crippen molar-refractivity contribution in [1.82, 2.24) is 5.43 Å². The lowest BCUT2D eigenvalue weighted by atomic mass is 9.96. The summed E-state index contributed by atoms with van der Waals surface area (Å²) < 4.78 is 39.6. The van der Waals surface area contributed by atoms with Crippen LogP contribution >= 0.6 is 27.3 Å². The summed E-state index contributed by atoms with van der Waals surface area (Å²) in [7, 11) is 0. The molecular weight excluding hydrogens is 341 g/mol. The van der Waals surface area contributed by atoms with Gasteiger partial charge in [0, 0.05) is 4.47 Å². The molecule has 0 aliphatic carbocycles. The molecule has 0 radical (unpaired) electrons. The zero-order valence-corrected chi connectivity index (χ0v) is 11.9. The van der Waals surface area contributed by atoms with Gasteiger partial charge in [-0.25, -0.2) is 5.43 Å². The number of hydrazine groups is 1. The minimum absolute atomic E-state index is 0.108. The van der Waals surface area contributed by atoms with Gasteiger partial charge in [-0.3, -0.25) is 5.84 Å². The molecule has 1 heterocycles. The Morgan fingerprint density at radius 2 is 2.00 bits per heavy atom. The van der Waals surface area contributed by atoms with E-state index in [-0.39, 0.29) is 5.56 Å². The predicted octanol–water partition coefficient (Wildman–Crippen LogP) is 4.08. The van der Waals surface area contributed by atoms with E-state index in [1.165, 1.54) is 17.4 Å². The lowest BCUT2D eigenvalue weighted by molar-refractivity contribution is -0.138. The van der Waals surface area contributed by atoms with Crippen molar-refractivity contribution in [2.24, 2.45) is 5.84 Å². The molecule has 0 saturated heterocycles. The Kier molecular flexibility index (Phi) is 4.29. The van der Waals surface area contributed by atoms with Gasteiger partial charge in [-0.05, 0) is 40.1 Å². The second-order valence-electron chi connectivity index (χ2n) is 3.89. The normalized spacial score (nSPS) is 13.5. The molecule has 0 aliphatic rings. The lowest BCUT2D eigenvalue weighted by Gasteiger charge is -2.20. The first-order chi connectivity index (χ1) is 8.93. The summed E-state index contributed by atoms with van der Waals surface area (Å²) >= 11 is 4.47. The molecular formula is C12H10BrF3N2S. The summed E-state index contributed by atoms with van der Waals surface area (Å²) in [5, 5.41) is 3.57. The number of hydrogen-bond donors (Lipinski definition) is 2. The third-order valence-corrected chi connectivity index (χ3v) is 3.87. The van der Waals surface area contributed by atoms with Gasteiger partial charge in [0.1, 0.15) is 0 Å². The fraction of sp³-hybridized carbons (Fsp3) is 0.167. The van der Waals surface area contributed by atoms with Crippen molar-refractivity contribution in [3.63, 3.8) is 0 Å². The Bertz CT molecular complexity index is 555. The quantitative estimate of drug-likeness (QED) is 0.646. The van der Waals surface area contributed by atoms with E-state index in [4.69, 9.17) is 5.84 Å². The minimum atomic E-state index is -4.43. The summed E-state index contributed by atoms with van der Waals surface area (Å²) in [6.45, 7) is 0. The van der Waals surface area contributed by atoms with Crippen molar-refractivity contribution in [3.8, 4) is 0 Å². The van der Waals surface area contributed by atoms with Crippen LogP contribution in [0.5, 0.6) is 0 Å². The van der Waals surface area contributed by atoms with Gasteiger partial charge >= 0.3 is 6.18 Å². The van der Waals surface area contributed by atoms with Crippen molar-refractivity contribution in [2.75, 3.05) is 0 Å². The zero-order valence-electron chi connectivity index (χ0n) is 9.54. The van der Waals surface area contributed by atoms with E-state index < -0.39 is 17.8 Å². The number of thiophene rings is 1. The highest BCUT2D eigenvalue weighted by atomic mass is 79.9. The van der Waals surface area contributed by atoms with Crippen LogP contribution in [0, 0.1) is 0 Å². The van der Waals surface area contributed by atoms with E-state index in [2.05, 4.69) is 21.4 Å². The van der Waals surface area contributed by atoms with E-state index >= 15 is 0 Å². The SMILES string of the molecule is NNC(c1ccsc1)c1ccc(Br)cc1C(F)(F)F. The Morgan fingerprint density at radius 1 is 1.26 bits per heavy atom. The van der Waals surface area contributed by atoms with E-state index in [9.17, 15) is 13.2 Å². The van der Waals surface area contributed by atoms with Crippen LogP contribution in [0.1, 0.15) is 22.7 Å². The average molecular weight is 351 g/mol. The van der Waals surface area contributed by atoms with Gasteiger partial charge in [-0.1, -0.05) is 22.0 Å². The third-order valence-electron chi connectivity index (χ3n) is 2.67. The summed E-state index contributed by atoms with van der Waals surface area (Å²) in [4.78, 5) is 0. The molecule has 7 heteroatoms. The molecule has 0 bridgehead atoms. The number of hydrogen-bond acceptors (Lipinski definition) is 3. The van der Waals surface area contributed by atoms with Gasteiger partial charge in [0.15, 0.2) is 0 Å². The van der Waals surface area contributed by atoms with Gasteiger partial charge in [-0.15, -0.1) is 0 Å². The van der Waals surface area contributed by atoms with Crippen LogP contribution in [-0.4, -0.2) is 0 Å². The molecule has 0 fully saturated rings. The van der Waals surface area contributed by atoms with Crippen LogP contribution in [-0.2, 0) is 6.18 Å². The van der Waals surface area contributed by atoms with E-state index in [1.807, 2.05) is 0 Å². The summed E-state index contributed by atoms with van der Waals surface area (Å²) in [5.41, 5.74) is 2.56. The van der Waals surface area contributed by atoms with Crippen LogP contribution in [0.3, 0.4) is 0 Å². The first-order valence-electron chi connectivity index (χ1n) is 5.28. The lowest BCUT2D eigenvalue weighted by Crippen LogP contribution is -2.30. The Hall–Kier alpha value is -0.890. The van der Waals surface area contributed by atoms with E-state index in [0.29, 0.717) is 10.0 Å². The molecule has 2 nitrogen and oxygen atoms in total. The fourth-order valence-electron chi connectivity index (χ4n) is 1.83. The number of benzene rings is 1. The van der Waals surface area contributed by atoms with Gasteiger partial charge in [0.25, 0.3) is 0 Å². The molecule has 1 aromatic carbocycles. The molecule has 2 rings (SSSR count). The maximum atomic E-state index is 13.1. The topological polar surface area (TPSA) is 38.0 Å². The second kappa shape index (κ2) is 5.62. The van der Waals surface area contributed by atoms with Crippen molar-refractivity contribution in [2.45, 2.75) is 12.2 Å². The highest BCUT2D eigenvalue weighted by Crippen LogP contribution is 2.38. The van der Waals surface area contributed by atoms with Gasteiger partial charge < -0.3 is 0 Å². The molecule has 102 valence electrons. The molecule has 0 amide bonds. The van der Waals surface area contributed by atoms with Crippen molar-refractivity contribution >= 4 is 27.3 Å². The highest BCUT2D eigenvalue weighted by molar-refractivity contribution is 9.10. The first-order valence-corrected chi connectivity index (χ1v) is 7.02. The van der Waals surface area contributed by atoms with E-state index in [1.54, 1.807) is 22.9 Å². The number of halogens is 4.